The number of nitrogens with one attached hydrogen (secondary N) is 2. The van der Waals surface area contributed by atoms with Gasteiger partial charge in [-0.05, 0) is 25.3 Å². The maximum atomic E-state index is 12.4. The summed E-state index contributed by atoms with van der Waals surface area (Å²) in [5.74, 6) is -0.195. The van der Waals surface area contributed by atoms with E-state index in [-0.39, 0.29) is 23.9 Å². The van der Waals surface area contributed by atoms with Gasteiger partial charge in [-0.25, -0.2) is 4.79 Å². The number of carbonyl (C=O) groups excluding carboxylic acids is 3. The Labute approximate surface area is 128 Å². The molecule has 22 heavy (non-hydrogen) atoms. The smallest absolute Gasteiger partial charge is 0.345 e. The predicted octanol–water partition coefficient (Wildman–Crippen LogP) is -0.405. The lowest BCUT2D eigenvalue weighted by Crippen LogP contribution is -2.50. The number of fused-ring (bicyclic) bond motifs is 2. The summed E-state index contributed by atoms with van der Waals surface area (Å²) in [5.41, 5.74) is 0.757. The molecule has 3 heterocycles. The minimum Gasteiger partial charge on any atom is -0.354 e. The molecule has 2 bridgehead atoms. The van der Waals surface area contributed by atoms with E-state index in [1.165, 1.54) is 4.90 Å². The number of urea groups is 1. The standard InChI is InChI=1S/C14H20N4O4/c1-8-6-10-7-17(14(21)18(10)22)12(8)13(20)15-5-4-9-2-3-11(19)16-9/h6,9-10,12,22H,2-5,7H2,1H3,(H,15,20)(H,16,19)/t9-,10+,12-/m0/s1. The molecule has 0 unspecified atom stereocenters. The minimum atomic E-state index is -0.668. The number of amides is 4. The van der Waals surface area contributed by atoms with Gasteiger partial charge in [-0.2, -0.15) is 5.06 Å². The largest absolute Gasteiger partial charge is 0.354 e. The molecule has 120 valence electrons. The Morgan fingerprint density at radius 3 is 2.95 bits per heavy atom. The second-order valence-electron chi connectivity index (χ2n) is 6.04. The fourth-order valence-electron chi connectivity index (χ4n) is 3.32. The van der Waals surface area contributed by atoms with Crippen LogP contribution in [0.5, 0.6) is 0 Å². The molecule has 8 nitrogen and oxygen atoms in total. The third-order valence-corrected chi connectivity index (χ3v) is 4.46. The van der Waals surface area contributed by atoms with E-state index in [1.54, 1.807) is 13.0 Å². The Kier molecular flexibility index (Phi) is 3.78. The van der Waals surface area contributed by atoms with Crippen molar-refractivity contribution in [2.75, 3.05) is 13.1 Å². The number of nitrogens with zero attached hydrogens (tertiary/aromatic N) is 2. The fraction of sp³-hybridized carbons (Fsp3) is 0.643. The van der Waals surface area contributed by atoms with Crippen LogP contribution in [0, 0.1) is 0 Å². The third kappa shape index (κ3) is 2.54. The summed E-state index contributed by atoms with van der Waals surface area (Å²) in [7, 11) is 0. The van der Waals surface area contributed by atoms with Crippen LogP contribution in [0.3, 0.4) is 0 Å². The van der Waals surface area contributed by atoms with Crippen LogP contribution in [0.4, 0.5) is 4.79 Å². The van der Waals surface area contributed by atoms with Crippen LogP contribution in [0.15, 0.2) is 11.6 Å². The molecule has 3 aliphatic heterocycles. The van der Waals surface area contributed by atoms with E-state index in [0.29, 0.717) is 31.0 Å². The van der Waals surface area contributed by atoms with Gasteiger partial charge >= 0.3 is 6.03 Å². The maximum Gasteiger partial charge on any atom is 0.345 e. The quantitative estimate of drug-likeness (QED) is 0.485. The first-order chi connectivity index (χ1) is 10.5. The van der Waals surface area contributed by atoms with E-state index >= 15 is 0 Å². The summed E-state index contributed by atoms with van der Waals surface area (Å²) in [6.45, 7) is 2.55. The molecule has 2 fully saturated rings. The van der Waals surface area contributed by atoms with Crippen molar-refractivity contribution in [3.05, 3.63) is 11.6 Å². The topological polar surface area (TPSA) is 102 Å². The highest BCUT2D eigenvalue weighted by molar-refractivity contribution is 5.91. The van der Waals surface area contributed by atoms with Gasteiger partial charge < -0.3 is 15.5 Å². The lowest BCUT2D eigenvalue weighted by Gasteiger charge is -2.29. The molecule has 3 rings (SSSR count). The molecule has 3 N–H and O–H groups in total. The Morgan fingerprint density at radius 2 is 2.27 bits per heavy atom. The number of rotatable bonds is 4. The van der Waals surface area contributed by atoms with Gasteiger partial charge in [-0.1, -0.05) is 6.08 Å². The van der Waals surface area contributed by atoms with Gasteiger partial charge in [0.1, 0.15) is 6.04 Å². The van der Waals surface area contributed by atoms with Gasteiger partial charge in [0.25, 0.3) is 0 Å². The van der Waals surface area contributed by atoms with E-state index < -0.39 is 12.1 Å². The van der Waals surface area contributed by atoms with Crippen molar-refractivity contribution in [2.45, 2.75) is 44.3 Å². The molecule has 0 radical (unpaired) electrons. The van der Waals surface area contributed by atoms with Gasteiger partial charge in [0.2, 0.25) is 11.8 Å². The van der Waals surface area contributed by atoms with Crippen LogP contribution >= 0.6 is 0 Å². The summed E-state index contributed by atoms with van der Waals surface area (Å²) in [6, 6.07) is -1.47. The molecule has 8 heteroatoms. The molecule has 4 amide bonds. The maximum absolute atomic E-state index is 12.4. The van der Waals surface area contributed by atoms with Crippen molar-refractivity contribution in [1.29, 1.82) is 0 Å². The molecule has 3 atom stereocenters. The van der Waals surface area contributed by atoms with Crippen molar-refractivity contribution >= 4 is 17.8 Å². The van der Waals surface area contributed by atoms with E-state index in [1.807, 2.05) is 0 Å². The molecule has 0 aromatic heterocycles. The fourth-order valence-corrected chi connectivity index (χ4v) is 3.32. The summed E-state index contributed by atoms with van der Waals surface area (Å²) >= 11 is 0. The first-order valence-corrected chi connectivity index (χ1v) is 7.51. The van der Waals surface area contributed by atoms with E-state index in [9.17, 15) is 19.6 Å². The lowest BCUT2D eigenvalue weighted by atomic mass is 10.00. The third-order valence-electron chi connectivity index (χ3n) is 4.46. The Balaban J connectivity index is 1.56. The lowest BCUT2D eigenvalue weighted by molar-refractivity contribution is -0.124. The summed E-state index contributed by atoms with van der Waals surface area (Å²) < 4.78 is 0. The molecule has 0 aromatic carbocycles. The van der Waals surface area contributed by atoms with Crippen molar-refractivity contribution < 1.29 is 19.6 Å². The SMILES string of the molecule is CC1=C[C@@H]2CN(C(=O)N2O)[C@@H]1C(=O)NCC[C@@H]1CCC(=O)N1. The summed E-state index contributed by atoms with van der Waals surface area (Å²) in [5, 5.41) is 16.0. The zero-order valence-corrected chi connectivity index (χ0v) is 12.4. The summed E-state index contributed by atoms with van der Waals surface area (Å²) in [6.07, 6.45) is 3.76. The van der Waals surface area contributed by atoms with Crippen LogP contribution in [0.2, 0.25) is 0 Å². The van der Waals surface area contributed by atoms with Crippen LogP contribution in [0.1, 0.15) is 26.2 Å². The van der Waals surface area contributed by atoms with Crippen molar-refractivity contribution in [2.24, 2.45) is 0 Å². The van der Waals surface area contributed by atoms with Gasteiger partial charge in [0, 0.05) is 19.0 Å². The van der Waals surface area contributed by atoms with Crippen molar-refractivity contribution in [3.8, 4) is 0 Å². The molecular weight excluding hydrogens is 288 g/mol. The molecule has 0 spiro atoms. The molecule has 2 saturated heterocycles. The highest BCUT2D eigenvalue weighted by Gasteiger charge is 2.46. The molecular formula is C14H20N4O4. The van der Waals surface area contributed by atoms with E-state index in [4.69, 9.17) is 0 Å². The van der Waals surface area contributed by atoms with Crippen LogP contribution in [-0.2, 0) is 9.59 Å². The van der Waals surface area contributed by atoms with Gasteiger partial charge in [0.15, 0.2) is 0 Å². The number of carbonyl (C=O) groups is 3. The van der Waals surface area contributed by atoms with E-state index in [0.717, 1.165) is 12.0 Å². The normalized spacial score (nSPS) is 30.5. The monoisotopic (exact) mass is 308 g/mol. The van der Waals surface area contributed by atoms with Crippen molar-refractivity contribution in [1.82, 2.24) is 20.6 Å². The second-order valence-corrected chi connectivity index (χ2v) is 6.04. The Hall–Kier alpha value is -2.09. The van der Waals surface area contributed by atoms with Gasteiger partial charge in [0.05, 0.1) is 12.6 Å². The average Bonchev–Trinajstić information content (AvgIpc) is 2.98. The molecule has 0 saturated carbocycles. The van der Waals surface area contributed by atoms with Gasteiger partial charge in [-0.3, -0.25) is 14.8 Å². The van der Waals surface area contributed by atoms with Gasteiger partial charge in [-0.15, -0.1) is 0 Å². The predicted molar refractivity (Wildman–Crippen MR) is 75.9 cm³/mol. The Morgan fingerprint density at radius 1 is 1.50 bits per heavy atom. The number of hydrogen-bond acceptors (Lipinski definition) is 4. The number of hydroxylamine groups is 2. The minimum absolute atomic E-state index is 0.0547. The highest BCUT2D eigenvalue weighted by atomic mass is 16.5. The van der Waals surface area contributed by atoms with Crippen LogP contribution in [0.25, 0.3) is 0 Å². The average molecular weight is 308 g/mol. The van der Waals surface area contributed by atoms with E-state index in [2.05, 4.69) is 10.6 Å². The molecule has 3 aliphatic rings. The Bertz CT molecular complexity index is 547. The zero-order valence-electron chi connectivity index (χ0n) is 12.4. The number of hydrogen-bond donors (Lipinski definition) is 3. The second kappa shape index (κ2) is 5.60. The first kappa shape index (κ1) is 14.8. The first-order valence-electron chi connectivity index (χ1n) is 7.51. The van der Waals surface area contributed by atoms with Crippen molar-refractivity contribution in [3.63, 3.8) is 0 Å². The highest BCUT2D eigenvalue weighted by Crippen LogP contribution is 2.27. The zero-order chi connectivity index (χ0) is 15.9. The molecule has 0 aliphatic carbocycles. The van der Waals surface area contributed by atoms with Crippen LogP contribution < -0.4 is 10.6 Å². The summed E-state index contributed by atoms with van der Waals surface area (Å²) in [4.78, 5) is 36.8. The van der Waals surface area contributed by atoms with Crippen LogP contribution in [-0.4, -0.2) is 64.2 Å². The molecule has 0 aromatic rings.